The van der Waals surface area contributed by atoms with Crippen molar-refractivity contribution in [3.05, 3.63) is 29.5 Å². The molecule has 9 heteroatoms. The van der Waals surface area contributed by atoms with Crippen molar-refractivity contribution in [2.24, 2.45) is 0 Å². The lowest BCUT2D eigenvalue weighted by Gasteiger charge is -2.07. The first-order valence-electron chi connectivity index (χ1n) is 4.33. The maximum atomic E-state index is 12.8. The second-order valence-corrected chi connectivity index (χ2v) is 5.52. The Bertz CT molecular complexity index is 627. The summed E-state index contributed by atoms with van der Waals surface area (Å²) in [6.45, 7) is 0. The van der Waals surface area contributed by atoms with Gasteiger partial charge in [-0.25, -0.2) is 12.8 Å². The number of hydrogen-bond acceptors (Lipinski definition) is 6. The number of anilines is 2. The molecule has 6 nitrogen and oxygen atoms in total. The number of aromatic nitrogens is 2. The van der Waals surface area contributed by atoms with Gasteiger partial charge in [0.2, 0.25) is 5.13 Å². The van der Waals surface area contributed by atoms with Crippen LogP contribution < -0.4 is 10.5 Å². The molecule has 2 aromatic rings. The third-order valence-corrected chi connectivity index (χ3v) is 3.99. The predicted molar refractivity (Wildman–Crippen MR) is 61.5 cm³/mol. The Balaban J connectivity index is 2.38. The first-order chi connectivity index (χ1) is 7.99. The highest BCUT2D eigenvalue weighted by Crippen LogP contribution is 2.22. The van der Waals surface area contributed by atoms with Gasteiger partial charge in [-0.3, -0.25) is 4.72 Å². The van der Waals surface area contributed by atoms with E-state index in [1.165, 1.54) is 5.51 Å². The average Bonchev–Trinajstić information content (AvgIpc) is 2.68. The van der Waals surface area contributed by atoms with Gasteiger partial charge in [0.1, 0.15) is 16.2 Å². The summed E-state index contributed by atoms with van der Waals surface area (Å²) in [5.41, 5.74) is 6.66. The van der Waals surface area contributed by atoms with Crippen LogP contribution in [0.2, 0.25) is 0 Å². The first-order valence-corrected chi connectivity index (χ1v) is 6.69. The molecule has 3 N–H and O–H groups in total. The van der Waals surface area contributed by atoms with Crippen LogP contribution in [0.15, 0.2) is 28.6 Å². The van der Waals surface area contributed by atoms with Crippen molar-refractivity contribution in [2.45, 2.75) is 4.90 Å². The van der Waals surface area contributed by atoms with Gasteiger partial charge in [0, 0.05) is 0 Å². The third kappa shape index (κ3) is 2.50. The standard InChI is InChI=1S/C8H7FN4O2S2/c9-5-1-2-7(6(10)3-5)17(14,15)13-8-12-11-4-16-8/h1-4H,10H2,(H,12,13). The molecular formula is C8H7FN4O2S2. The van der Waals surface area contributed by atoms with E-state index < -0.39 is 15.8 Å². The van der Waals surface area contributed by atoms with E-state index in [9.17, 15) is 12.8 Å². The van der Waals surface area contributed by atoms with Crippen LogP contribution in [0.3, 0.4) is 0 Å². The number of nitrogen functional groups attached to an aromatic ring is 1. The summed E-state index contributed by atoms with van der Waals surface area (Å²) in [5.74, 6) is -0.600. The Morgan fingerprint density at radius 3 is 2.76 bits per heavy atom. The minimum atomic E-state index is -3.86. The second-order valence-electron chi connectivity index (χ2n) is 3.03. The molecule has 2 rings (SSSR count). The van der Waals surface area contributed by atoms with Crippen molar-refractivity contribution in [3.63, 3.8) is 0 Å². The van der Waals surface area contributed by atoms with E-state index in [1.54, 1.807) is 0 Å². The number of nitrogens with two attached hydrogens (primary N) is 1. The van der Waals surface area contributed by atoms with Gasteiger partial charge in [-0.15, -0.1) is 10.2 Å². The van der Waals surface area contributed by atoms with Gasteiger partial charge in [-0.2, -0.15) is 0 Å². The smallest absolute Gasteiger partial charge is 0.265 e. The maximum absolute atomic E-state index is 12.8. The Hall–Kier alpha value is -1.74. The van der Waals surface area contributed by atoms with Gasteiger partial charge in [0.25, 0.3) is 10.0 Å². The lowest BCUT2D eigenvalue weighted by molar-refractivity contribution is 0.600. The Morgan fingerprint density at radius 1 is 1.41 bits per heavy atom. The van der Waals surface area contributed by atoms with Crippen LogP contribution in [-0.4, -0.2) is 18.6 Å². The van der Waals surface area contributed by atoms with Crippen LogP contribution in [0.5, 0.6) is 0 Å². The average molecular weight is 274 g/mol. The topological polar surface area (TPSA) is 98.0 Å². The van der Waals surface area contributed by atoms with Crippen molar-refractivity contribution < 1.29 is 12.8 Å². The zero-order valence-corrected chi connectivity index (χ0v) is 9.93. The van der Waals surface area contributed by atoms with Gasteiger partial charge in [0.05, 0.1) is 5.69 Å². The summed E-state index contributed by atoms with van der Waals surface area (Å²) < 4.78 is 38.7. The highest BCUT2D eigenvalue weighted by atomic mass is 32.2. The predicted octanol–water partition coefficient (Wildman–Crippen LogP) is 1.06. The lowest BCUT2D eigenvalue weighted by atomic mass is 10.3. The molecule has 0 saturated carbocycles. The lowest BCUT2D eigenvalue weighted by Crippen LogP contribution is -2.14. The summed E-state index contributed by atoms with van der Waals surface area (Å²) in [6, 6.07) is 3.05. The fourth-order valence-electron chi connectivity index (χ4n) is 1.15. The molecule has 0 amide bonds. The van der Waals surface area contributed by atoms with E-state index in [1.807, 2.05) is 0 Å². The highest BCUT2D eigenvalue weighted by molar-refractivity contribution is 7.93. The maximum Gasteiger partial charge on any atom is 0.265 e. The van der Waals surface area contributed by atoms with Crippen molar-refractivity contribution in [2.75, 3.05) is 10.5 Å². The monoisotopic (exact) mass is 274 g/mol. The number of benzene rings is 1. The Kier molecular flexibility index (Phi) is 2.94. The van der Waals surface area contributed by atoms with Gasteiger partial charge >= 0.3 is 0 Å². The zero-order chi connectivity index (χ0) is 12.5. The molecule has 0 bridgehead atoms. The SMILES string of the molecule is Nc1cc(F)ccc1S(=O)(=O)Nc1nncs1. The molecule has 0 unspecified atom stereocenters. The fraction of sp³-hybridized carbons (Fsp3) is 0. The van der Waals surface area contributed by atoms with Crippen LogP contribution in [0.25, 0.3) is 0 Å². The van der Waals surface area contributed by atoms with Gasteiger partial charge in [-0.1, -0.05) is 11.3 Å². The number of nitrogens with one attached hydrogen (secondary N) is 1. The van der Waals surface area contributed by atoms with E-state index in [0.29, 0.717) is 0 Å². The molecule has 0 radical (unpaired) electrons. The molecule has 0 saturated heterocycles. The molecule has 90 valence electrons. The van der Waals surface area contributed by atoms with Crippen LogP contribution in [0, 0.1) is 5.82 Å². The van der Waals surface area contributed by atoms with Crippen LogP contribution in [0.4, 0.5) is 15.2 Å². The number of sulfonamides is 1. The van der Waals surface area contributed by atoms with Gasteiger partial charge in [-0.05, 0) is 18.2 Å². The summed E-state index contributed by atoms with van der Waals surface area (Å²) in [4.78, 5) is -0.200. The van der Waals surface area contributed by atoms with E-state index >= 15 is 0 Å². The minimum absolute atomic E-state index is 0.119. The van der Waals surface area contributed by atoms with Crippen LogP contribution in [0.1, 0.15) is 0 Å². The zero-order valence-electron chi connectivity index (χ0n) is 8.29. The van der Waals surface area contributed by atoms with E-state index in [-0.39, 0.29) is 15.7 Å². The highest BCUT2D eigenvalue weighted by Gasteiger charge is 2.19. The quantitative estimate of drug-likeness (QED) is 0.815. The molecule has 0 aliphatic heterocycles. The first kappa shape index (κ1) is 11.7. The number of rotatable bonds is 3. The molecule has 1 aromatic heterocycles. The van der Waals surface area contributed by atoms with Crippen molar-refractivity contribution in [1.82, 2.24) is 10.2 Å². The third-order valence-electron chi connectivity index (χ3n) is 1.84. The van der Waals surface area contributed by atoms with Crippen LogP contribution in [-0.2, 0) is 10.0 Å². The molecular weight excluding hydrogens is 267 g/mol. The summed E-state index contributed by atoms with van der Waals surface area (Å²) >= 11 is 1.03. The fourth-order valence-corrected chi connectivity index (χ4v) is 2.96. The van der Waals surface area contributed by atoms with Gasteiger partial charge in [0.15, 0.2) is 0 Å². The molecule has 1 aromatic carbocycles. The second kappa shape index (κ2) is 4.26. The van der Waals surface area contributed by atoms with E-state index in [0.717, 1.165) is 29.5 Å². The van der Waals surface area contributed by atoms with Crippen molar-refractivity contribution in [1.29, 1.82) is 0 Å². The Labute approximate surface area is 100 Å². The summed E-state index contributed by atoms with van der Waals surface area (Å²) in [6.07, 6.45) is 0. The number of halogens is 1. The largest absolute Gasteiger partial charge is 0.398 e. The normalized spacial score (nSPS) is 11.4. The molecule has 0 spiro atoms. The molecule has 0 fully saturated rings. The number of hydrogen-bond donors (Lipinski definition) is 2. The molecule has 0 aliphatic carbocycles. The minimum Gasteiger partial charge on any atom is -0.398 e. The molecule has 0 aliphatic rings. The summed E-state index contributed by atoms with van der Waals surface area (Å²) in [7, 11) is -3.86. The van der Waals surface area contributed by atoms with Crippen LogP contribution >= 0.6 is 11.3 Å². The molecule has 17 heavy (non-hydrogen) atoms. The Morgan fingerprint density at radius 2 is 2.18 bits per heavy atom. The summed E-state index contributed by atoms with van der Waals surface area (Å²) in [5, 5.41) is 7.14. The van der Waals surface area contributed by atoms with E-state index in [2.05, 4.69) is 14.9 Å². The van der Waals surface area contributed by atoms with Crippen molar-refractivity contribution in [3.8, 4) is 0 Å². The molecule has 0 atom stereocenters. The van der Waals surface area contributed by atoms with Gasteiger partial charge < -0.3 is 5.73 Å². The number of nitrogens with zero attached hydrogens (tertiary/aromatic N) is 2. The van der Waals surface area contributed by atoms with Crippen molar-refractivity contribution >= 4 is 32.2 Å². The molecule has 1 heterocycles. The van der Waals surface area contributed by atoms with E-state index in [4.69, 9.17) is 5.73 Å².